The lowest BCUT2D eigenvalue weighted by atomic mass is 10.1. The van der Waals surface area contributed by atoms with Crippen LogP contribution in [0.5, 0.6) is 0 Å². The van der Waals surface area contributed by atoms with Gasteiger partial charge in [0.25, 0.3) is 0 Å². The van der Waals surface area contributed by atoms with E-state index in [1.165, 1.54) is 17.4 Å². The molecule has 4 aromatic rings. The fourth-order valence-electron chi connectivity index (χ4n) is 3.30. The lowest BCUT2D eigenvalue weighted by Gasteiger charge is -2.14. The molecule has 0 saturated heterocycles. The van der Waals surface area contributed by atoms with E-state index in [1.807, 2.05) is 0 Å². The Morgan fingerprint density at radius 1 is 1.21 bits per heavy atom. The summed E-state index contributed by atoms with van der Waals surface area (Å²) in [5, 5.41) is 17.9. The molecule has 0 radical (unpaired) electrons. The Balaban J connectivity index is 1.50. The van der Waals surface area contributed by atoms with Gasteiger partial charge in [-0.25, -0.2) is 14.2 Å². The van der Waals surface area contributed by atoms with Crippen molar-refractivity contribution in [2.45, 2.75) is 26.4 Å². The number of nitrogens with zero attached hydrogens (tertiary/aromatic N) is 2. The Morgan fingerprint density at radius 2 is 1.94 bits per heavy atom. The van der Waals surface area contributed by atoms with Gasteiger partial charge >= 0.3 is 12.1 Å². The molecule has 4 rings (SSSR count). The van der Waals surface area contributed by atoms with Crippen molar-refractivity contribution >= 4 is 29.1 Å². The van der Waals surface area contributed by atoms with Crippen LogP contribution in [0.15, 0.2) is 58.4 Å². The number of carbonyl (C=O) groups is 2. The predicted octanol–water partition coefficient (Wildman–Crippen LogP) is 5.85. The number of rotatable bonds is 7. The highest BCUT2D eigenvalue weighted by Gasteiger charge is 2.22. The molecule has 2 aromatic heterocycles. The monoisotopic (exact) mass is 481 g/mol. The molecule has 0 spiro atoms. The molecule has 1 unspecified atom stereocenters. The Hall–Kier alpha value is -4.05. The third-order valence-electron chi connectivity index (χ3n) is 5.01. The van der Waals surface area contributed by atoms with E-state index >= 15 is 0 Å². The summed E-state index contributed by atoms with van der Waals surface area (Å²) in [4.78, 5) is 27.9. The molecule has 0 aliphatic heterocycles. The van der Waals surface area contributed by atoms with Gasteiger partial charge in [0.2, 0.25) is 5.76 Å². The van der Waals surface area contributed by atoms with Crippen LogP contribution < -0.4 is 5.32 Å². The summed E-state index contributed by atoms with van der Waals surface area (Å²) in [5.74, 6) is -1.10. The van der Waals surface area contributed by atoms with E-state index in [0.29, 0.717) is 27.6 Å². The SMILES string of the molecule is Cc1noc(-c2csc(-c3ccc(CC(=O)O)cc3)n2)c1NC(=O)OC(C)c1ccccc1F. The van der Waals surface area contributed by atoms with Crippen molar-refractivity contribution in [3.05, 3.63) is 76.5 Å². The van der Waals surface area contributed by atoms with Gasteiger partial charge in [0, 0.05) is 16.5 Å². The lowest BCUT2D eigenvalue weighted by Crippen LogP contribution is -2.17. The molecular weight excluding hydrogens is 461 g/mol. The average Bonchev–Trinajstić information content (AvgIpc) is 3.41. The molecule has 8 nitrogen and oxygen atoms in total. The number of anilines is 1. The fourth-order valence-corrected chi connectivity index (χ4v) is 4.11. The van der Waals surface area contributed by atoms with Crippen LogP contribution in [0.1, 0.15) is 29.8 Å². The average molecular weight is 482 g/mol. The molecule has 0 aliphatic carbocycles. The molecule has 0 saturated carbocycles. The number of aliphatic carboxylic acids is 1. The van der Waals surface area contributed by atoms with Gasteiger partial charge in [0.1, 0.15) is 34.0 Å². The molecule has 2 N–H and O–H groups in total. The second-order valence-electron chi connectivity index (χ2n) is 7.47. The van der Waals surface area contributed by atoms with Crippen LogP contribution in [-0.2, 0) is 16.0 Å². The van der Waals surface area contributed by atoms with Gasteiger partial charge in [-0.05, 0) is 25.5 Å². The Morgan fingerprint density at radius 3 is 2.65 bits per heavy atom. The molecule has 2 aromatic carbocycles. The van der Waals surface area contributed by atoms with Crippen LogP contribution in [0.25, 0.3) is 22.0 Å². The summed E-state index contributed by atoms with van der Waals surface area (Å²) in [6.45, 7) is 3.24. The smallest absolute Gasteiger partial charge is 0.412 e. The lowest BCUT2D eigenvalue weighted by molar-refractivity contribution is -0.136. The molecule has 2 heterocycles. The summed E-state index contributed by atoms with van der Waals surface area (Å²) in [5.41, 5.74) is 2.96. The summed E-state index contributed by atoms with van der Waals surface area (Å²) in [6.07, 6.45) is -1.64. The van der Waals surface area contributed by atoms with Crippen LogP contribution in [-0.4, -0.2) is 27.3 Å². The van der Waals surface area contributed by atoms with E-state index in [0.717, 1.165) is 5.56 Å². The van der Waals surface area contributed by atoms with Crippen LogP contribution in [0.4, 0.5) is 14.9 Å². The highest BCUT2D eigenvalue weighted by molar-refractivity contribution is 7.13. The van der Waals surface area contributed by atoms with Gasteiger partial charge < -0.3 is 14.4 Å². The number of aryl methyl sites for hydroxylation is 1. The van der Waals surface area contributed by atoms with Gasteiger partial charge in [-0.3, -0.25) is 10.1 Å². The van der Waals surface area contributed by atoms with Gasteiger partial charge in [0.05, 0.1) is 6.42 Å². The third kappa shape index (κ3) is 5.12. The number of ether oxygens (including phenoxy) is 1. The van der Waals surface area contributed by atoms with Crippen LogP contribution in [0, 0.1) is 12.7 Å². The minimum absolute atomic E-state index is 0.0542. The van der Waals surface area contributed by atoms with Crippen molar-refractivity contribution in [2.75, 3.05) is 5.32 Å². The summed E-state index contributed by atoms with van der Waals surface area (Å²) >= 11 is 1.36. The summed E-state index contributed by atoms with van der Waals surface area (Å²) in [6, 6.07) is 13.2. The number of hydrogen-bond acceptors (Lipinski definition) is 7. The van der Waals surface area contributed by atoms with E-state index in [2.05, 4.69) is 15.5 Å². The number of carbonyl (C=O) groups excluding carboxylic acids is 1. The number of amides is 1. The zero-order chi connectivity index (χ0) is 24.2. The number of carboxylic acids is 1. The number of aromatic nitrogens is 2. The molecule has 34 heavy (non-hydrogen) atoms. The number of halogens is 1. The predicted molar refractivity (Wildman–Crippen MR) is 124 cm³/mol. The van der Waals surface area contributed by atoms with Crippen molar-refractivity contribution < 1.29 is 28.3 Å². The van der Waals surface area contributed by atoms with Crippen molar-refractivity contribution in [1.29, 1.82) is 0 Å². The quantitative estimate of drug-likeness (QED) is 0.340. The first-order chi connectivity index (χ1) is 16.3. The van der Waals surface area contributed by atoms with Crippen molar-refractivity contribution in [1.82, 2.24) is 10.1 Å². The first-order valence-electron chi connectivity index (χ1n) is 10.3. The standard InChI is InChI=1S/C24H20FN3O5S/c1-13-21(27-24(31)32-14(2)17-5-3-4-6-18(17)25)22(33-28-13)19-12-34-23(26-19)16-9-7-15(8-10-16)11-20(29)30/h3-10,12,14H,11H2,1-2H3,(H,27,31)(H,29,30). The number of carboxylic acid groups (broad SMARTS) is 1. The largest absolute Gasteiger partial charge is 0.481 e. The molecule has 0 fully saturated rings. The minimum Gasteiger partial charge on any atom is -0.481 e. The number of thiazole rings is 1. The summed E-state index contributed by atoms with van der Waals surface area (Å²) in [7, 11) is 0. The van der Waals surface area contributed by atoms with Gasteiger partial charge in [0.15, 0.2) is 0 Å². The van der Waals surface area contributed by atoms with Crippen LogP contribution >= 0.6 is 11.3 Å². The van der Waals surface area contributed by atoms with Crippen molar-refractivity contribution in [3.63, 3.8) is 0 Å². The molecular formula is C24H20FN3O5S. The number of nitrogens with one attached hydrogen (secondary N) is 1. The normalized spacial score (nSPS) is 11.7. The van der Waals surface area contributed by atoms with Crippen LogP contribution in [0.2, 0.25) is 0 Å². The fraction of sp³-hybridized carbons (Fsp3) is 0.167. The van der Waals surface area contributed by atoms with Gasteiger partial charge in [-0.15, -0.1) is 11.3 Å². The Kier molecular flexibility index (Phi) is 6.69. The molecule has 10 heteroatoms. The molecule has 0 bridgehead atoms. The van der Waals surface area contributed by atoms with Crippen molar-refractivity contribution in [3.8, 4) is 22.0 Å². The second-order valence-corrected chi connectivity index (χ2v) is 8.33. The first-order valence-corrected chi connectivity index (χ1v) is 11.1. The highest BCUT2D eigenvalue weighted by atomic mass is 32.1. The maximum atomic E-state index is 14.0. The molecule has 1 amide bonds. The van der Waals surface area contributed by atoms with E-state index in [4.69, 9.17) is 14.4 Å². The molecule has 0 aliphatic rings. The first kappa shape index (κ1) is 23.1. The van der Waals surface area contributed by atoms with Crippen LogP contribution in [0.3, 0.4) is 0 Å². The van der Waals surface area contributed by atoms with E-state index in [-0.39, 0.29) is 17.7 Å². The second kappa shape index (κ2) is 9.84. The van der Waals surface area contributed by atoms with Gasteiger partial charge in [-0.1, -0.05) is 47.6 Å². The highest BCUT2D eigenvalue weighted by Crippen LogP contribution is 2.35. The van der Waals surface area contributed by atoms with E-state index < -0.39 is 24.0 Å². The number of benzene rings is 2. The summed E-state index contributed by atoms with van der Waals surface area (Å²) < 4.78 is 24.7. The number of hydrogen-bond donors (Lipinski definition) is 2. The minimum atomic E-state index is -0.896. The van der Waals surface area contributed by atoms with Gasteiger partial charge in [-0.2, -0.15) is 0 Å². The zero-order valence-corrected chi connectivity index (χ0v) is 19.1. The maximum absolute atomic E-state index is 14.0. The van der Waals surface area contributed by atoms with E-state index in [1.54, 1.807) is 61.7 Å². The molecule has 174 valence electrons. The Bertz CT molecular complexity index is 1330. The van der Waals surface area contributed by atoms with E-state index in [9.17, 15) is 14.0 Å². The van der Waals surface area contributed by atoms with Crippen molar-refractivity contribution in [2.24, 2.45) is 0 Å². The Labute approximate surface area is 198 Å². The molecule has 1 atom stereocenters. The third-order valence-corrected chi connectivity index (χ3v) is 5.90. The topological polar surface area (TPSA) is 115 Å². The zero-order valence-electron chi connectivity index (χ0n) is 18.2. The maximum Gasteiger partial charge on any atom is 0.412 e.